The van der Waals surface area contributed by atoms with E-state index in [1.54, 1.807) is 6.92 Å². The highest BCUT2D eigenvalue weighted by Crippen LogP contribution is 2.13. The van der Waals surface area contributed by atoms with Crippen molar-refractivity contribution in [1.29, 1.82) is 0 Å². The van der Waals surface area contributed by atoms with Gasteiger partial charge >= 0.3 is 11.9 Å². The van der Waals surface area contributed by atoms with Crippen molar-refractivity contribution in [3.05, 3.63) is 0 Å². The molecule has 4 nitrogen and oxygen atoms in total. The standard InChI is InChI=1S/C11H20O4/c1-4-6-7-8-9(10(12)14-3)11(13)15-5-2/h9H,4-8H2,1-3H3. The van der Waals surface area contributed by atoms with Crippen LogP contribution >= 0.6 is 0 Å². The molecular weight excluding hydrogens is 196 g/mol. The van der Waals surface area contributed by atoms with Gasteiger partial charge < -0.3 is 9.47 Å². The lowest BCUT2D eigenvalue weighted by Gasteiger charge is -2.12. The SMILES string of the molecule is CCCCCC(C(=O)OC)C(=O)OCC. The van der Waals surface area contributed by atoms with Crippen molar-refractivity contribution in [2.45, 2.75) is 39.5 Å². The van der Waals surface area contributed by atoms with Crippen molar-refractivity contribution in [3.8, 4) is 0 Å². The van der Waals surface area contributed by atoms with Crippen molar-refractivity contribution in [2.24, 2.45) is 5.92 Å². The summed E-state index contributed by atoms with van der Waals surface area (Å²) in [5.41, 5.74) is 0. The molecule has 0 radical (unpaired) electrons. The Morgan fingerprint density at radius 3 is 2.27 bits per heavy atom. The van der Waals surface area contributed by atoms with E-state index in [0.717, 1.165) is 19.3 Å². The summed E-state index contributed by atoms with van der Waals surface area (Å²) in [4.78, 5) is 22.7. The van der Waals surface area contributed by atoms with Crippen molar-refractivity contribution in [2.75, 3.05) is 13.7 Å². The third-order valence-electron chi connectivity index (χ3n) is 2.15. The highest BCUT2D eigenvalue weighted by atomic mass is 16.5. The maximum atomic E-state index is 11.4. The molecule has 0 aliphatic carbocycles. The average molecular weight is 216 g/mol. The number of hydrogen-bond acceptors (Lipinski definition) is 4. The van der Waals surface area contributed by atoms with E-state index < -0.39 is 17.9 Å². The van der Waals surface area contributed by atoms with E-state index in [-0.39, 0.29) is 0 Å². The summed E-state index contributed by atoms with van der Waals surface area (Å²) < 4.78 is 9.39. The van der Waals surface area contributed by atoms with Gasteiger partial charge in [0, 0.05) is 0 Å². The quantitative estimate of drug-likeness (QED) is 0.370. The van der Waals surface area contributed by atoms with E-state index in [1.165, 1.54) is 7.11 Å². The van der Waals surface area contributed by atoms with Crippen LogP contribution in [-0.2, 0) is 19.1 Å². The predicted octanol–water partition coefficient (Wildman–Crippen LogP) is 1.92. The first kappa shape index (κ1) is 13.9. The average Bonchev–Trinajstić information content (AvgIpc) is 2.23. The van der Waals surface area contributed by atoms with E-state index in [1.807, 2.05) is 0 Å². The zero-order valence-corrected chi connectivity index (χ0v) is 9.75. The Morgan fingerprint density at radius 1 is 1.13 bits per heavy atom. The van der Waals surface area contributed by atoms with Crippen LogP contribution < -0.4 is 0 Å². The minimum Gasteiger partial charge on any atom is -0.468 e. The number of carbonyl (C=O) groups is 2. The number of unbranched alkanes of at least 4 members (excludes halogenated alkanes) is 2. The van der Waals surface area contributed by atoms with Crippen molar-refractivity contribution in [3.63, 3.8) is 0 Å². The van der Waals surface area contributed by atoms with E-state index in [9.17, 15) is 9.59 Å². The number of carbonyl (C=O) groups excluding carboxylic acids is 2. The highest BCUT2D eigenvalue weighted by molar-refractivity contribution is 5.94. The van der Waals surface area contributed by atoms with Gasteiger partial charge in [-0.1, -0.05) is 26.2 Å². The maximum absolute atomic E-state index is 11.4. The Bertz CT molecular complexity index is 201. The van der Waals surface area contributed by atoms with Crippen LogP contribution in [0, 0.1) is 5.92 Å². The molecule has 0 aromatic carbocycles. The topological polar surface area (TPSA) is 52.6 Å². The maximum Gasteiger partial charge on any atom is 0.320 e. The Kier molecular flexibility index (Phi) is 7.68. The molecule has 0 fully saturated rings. The van der Waals surface area contributed by atoms with Gasteiger partial charge in [-0.25, -0.2) is 0 Å². The molecule has 0 aliphatic heterocycles. The van der Waals surface area contributed by atoms with Crippen LogP contribution in [0.15, 0.2) is 0 Å². The van der Waals surface area contributed by atoms with Gasteiger partial charge in [-0.05, 0) is 13.3 Å². The van der Waals surface area contributed by atoms with Gasteiger partial charge in [-0.3, -0.25) is 9.59 Å². The number of hydrogen-bond donors (Lipinski definition) is 0. The second-order valence-corrected chi connectivity index (χ2v) is 3.32. The van der Waals surface area contributed by atoms with Crippen LogP contribution in [0.4, 0.5) is 0 Å². The van der Waals surface area contributed by atoms with E-state index in [0.29, 0.717) is 13.0 Å². The molecule has 0 amide bonds. The lowest BCUT2D eigenvalue weighted by Crippen LogP contribution is -2.27. The molecule has 0 saturated heterocycles. The van der Waals surface area contributed by atoms with Crippen molar-refractivity contribution in [1.82, 2.24) is 0 Å². The third-order valence-corrected chi connectivity index (χ3v) is 2.15. The molecule has 0 N–H and O–H groups in total. The zero-order chi connectivity index (χ0) is 11.7. The van der Waals surface area contributed by atoms with Crippen LogP contribution in [0.5, 0.6) is 0 Å². The number of esters is 2. The lowest BCUT2D eigenvalue weighted by molar-refractivity contribution is -0.160. The van der Waals surface area contributed by atoms with Gasteiger partial charge in [-0.15, -0.1) is 0 Å². The first-order valence-corrected chi connectivity index (χ1v) is 5.41. The van der Waals surface area contributed by atoms with E-state index >= 15 is 0 Å². The number of ether oxygens (including phenoxy) is 2. The highest BCUT2D eigenvalue weighted by Gasteiger charge is 2.28. The molecular formula is C11H20O4. The van der Waals surface area contributed by atoms with Gasteiger partial charge in [0.25, 0.3) is 0 Å². The molecule has 0 saturated carbocycles. The summed E-state index contributed by atoms with van der Waals surface area (Å²) in [5, 5.41) is 0. The smallest absolute Gasteiger partial charge is 0.320 e. The summed E-state index contributed by atoms with van der Waals surface area (Å²) in [5.74, 6) is -1.72. The molecule has 4 heteroatoms. The van der Waals surface area contributed by atoms with E-state index in [4.69, 9.17) is 4.74 Å². The van der Waals surface area contributed by atoms with E-state index in [2.05, 4.69) is 11.7 Å². The molecule has 0 rings (SSSR count). The largest absolute Gasteiger partial charge is 0.468 e. The van der Waals surface area contributed by atoms with Gasteiger partial charge in [0.2, 0.25) is 0 Å². The Hall–Kier alpha value is -1.06. The monoisotopic (exact) mass is 216 g/mol. The van der Waals surface area contributed by atoms with Crippen LogP contribution in [0.3, 0.4) is 0 Å². The first-order valence-electron chi connectivity index (χ1n) is 5.41. The Morgan fingerprint density at radius 2 is 1.80 bits per heavy atom. The zero-order valence-electron chi connectivity index (χ0n) is 9.75. The van der Waals surface area contributed by atoms with Gasteiger partial charge in [0.15, 0.2) is 5.92 Å². The summed E-state index contributed by atoms with van der Waals surface area (Å²) in [6, 6.07) is 0. The van der Waals surface area contributed by atoms with Crippen molar-refractivity contribution >= 4 is 11.9 Å². The fourth-order valence-corrected chi connectivity index (χ4v) is 1.32. The summed E-state index contributed by atoms with van der Waals surface area (Å²) in [6.07, 6.45) is 3.41. The third kappa shape index (κ3) is 5.40. The van der Waals surface area contributed by atoms with Gasteiger partial charge in [0.1, 0.15) is 0 Å². The summed E-state index contributed by atoms with van der Waals surface area (Å²) in [6.45, 7) is 4.08. The lowest BCUT2D eigenvalue weighted by atomic mass is 10.0. The van der Waals surface area contributed by atoms with Crippen molar-refractivity contribution < 1.29 is 19.1 Å². The summed E-state index contributed by atoms with van der Waals surface area (Å²) in [7, 11) is 1.29. The molecule has 1 atom stereocenters. The number of methoxy groups -OCH3 is 1. The molecule has 1 unspecified atom stereocenters. The fourth-order valence-electron chi connectivity index (χ4n) is 1.32. The Balaban J connectivity index is 4.17. The predicted molar refractivity (Wildman–Crippen MR) is 56.3 cm³/mol. The fraction of sp³-hybridized carbons (Fsp3) is 0.818. The molecule has 0 aliphatic rings. The second-order valence-electron chi connectivity index (χ2n) is 3.32. The molecule has 0 aromatic heterocycles. The minimum absolute atomic E-state index is 0.292. The molecule has 0 aromatic rings. The van der Waals surface area contributed by atoms with Crippen LogP contribution in [0.1, 0.15) is 39.5 Å². The van der Waals surface area contributed by atoms with Crippen LogP contribution in [0.2, 0.25) is 0 Å². The van der Waals surface area contributed by atoms with Crippen LogP contribution in [0.25, 0.3) is 0 Å². The minimum atomic E-state index is -0.749. The normalized spacial score (nSPS) is 11.9. The molecule has 0 bridgehead atoms. The molecule has 88 valence electrons. The number of rotatable bonds is 7. The summed E-state index contributed by atoms with van der Waals surface area (Å²) >= 11 is 0. The first-order chi connectivity index (χ1) is 7.17. The van der Waals surface area contributed by atoms with Crippen LogP contribution in [-0.4, -0.2) is 25.7 Å². The Labute approximate surface area is 90.9 Å². The molecule has 0 spiro atoms. The van der Waals surface area contributed by atoms with Gasteiger partial charge in [0.05, 0.1) is 13.7 Å². The molecule has 0 heterocycles. The van der Waals surface area contributed by atoms with Gasteiger partial charge in [-0.2, -0.15) is 0 Å². The molecule has 15 heavy (non-hydrogen) atoms. The second kappa shape index (κ2) is 8.26.